The predicted molar refractivity (Wildman–Crippen MR) is 92.7 cm³/mol. The molecule has 2 aliphatic carbocycles. The molecule has 0 aromatic heterocycles. The minimum Gasteiger partial charge on any atom is -0.274 e. The molecular formula is C19H18BrNO2. The van der Waals surface area contributed by atoms with Crippen molar-refractivity contribution in [1.82, 2.24) is 0 Å². The van der Waals surface area contributed by atoms with Gasteiger partial charge < -0.3 is 0 Å². The third kappa shape index (κ3) is 1.94. The molecule has 4 atom stereocenters. The molecular weight excluding hydrogens is 354 g/mol. The first-order valence-electron chi connectivity index (χ1n) is 8.05. The van der Waals surface area contributed by atoms with E-state index in [-0.39, 0.29) is 35.5 Å². The van der Waals surface area contributed by atoms with Crippen molar-refractivity contribution in [2.24, 2.45) is 23.7 Å². The smallest absolute Gasteiger partial charge is 0.238 e. The third-order valence-electron chi connectivity index (χ3n) is 5.52. The van der Waals surface area contributed by atoms with Crippen LogP contribution in [0.25, 0.3) is 0 Å². The molecule has 23 heavy (non-hydrogen) atoms. The minimum atomic E-state index is -0.211. The second-order valence-electron chi connectivity index (χ2n) is 6.57. The standard InChI is InChI=1S/C19H18BrNO2/c1-3-10(2)15-13-8-9-14(15)17-16(13)18(22)21(19(17)23)12-6-4-11(20)5-7-12/h4-9,13-14,16-17H,3H2,1-2H3/t13-,14-,16-,17+/m1/s1. The summed E-state index contributed by atoms with van der Waals surface area (Å²) in [4.78, 5) is 27.3. The van der Waals surface area contributed by atoms with Crippen LogP contribution in [0.15, 0.2) is 52.0 Å². The van der Waals surface area contributed by atoms with Crippen LogP contribution in [0.4, 0.5) is 5.69 Å². The Morgan fingerprint density at radius 1 is 1.04 bits per heavy atom. The van der Waals surface area contributed by atoms with Gasteiger partial charge in [0.15, 0.2) is 0 Å². The number of carbonyl (C=O) groups excluding carboxylic acids is 2. The fourth-order valence-corrected chi connectivity index (χ4v) is 4.65. The second kappa shape index (κ2) is 5.17. The van der Waals surface area contributed by atoms with Crippen molar-refractivity contribution >= 4 is 33.4 Å². The van der Waals surface area contributed by atoms with Crippen molar-refractivity contribution in [2.75, 3.05) is 4.90 Å². The van der Waals surface area contributed by atoms with Gasteiger partial charge in [-0.05, 0) is 37.6 Å². The number of amides is 2. The molecule has 1 aliphatic heterocycles. The minimum absolute atomic E-state index is 0.0411. The first-order valence-corrected chi connectivity index (χ1v) is 8.85. The normalized spacial score (nSPS) is 33.6. The average Bonchev–Trinajstić information content (AvgIpc) is 3.18. The van der Waals surface area contributed by atoms with Crippen LogP contribution in [0.5, 0.6) is 0 Å². The molecule has 0 N–H and O–H groups in total. The maximum atomic E-state index is 13.0. The fraction of sp³-hybridized carbons (Fsp3) is 0.368. The van der Waals surface area contributed by atoms with E-state index in [1.165, 1.54) is 16.0 Å². The lowest BCUT2D eigenvalue weighted by Crippen LogP contribution is -2.33. The molecule has 0 radical (unpaired) electrons. The number of hydrogen-bond donors (Lipinski definition) is 0. The average molecular weight is 372 g/mol. The molecule has 1 saturated heterocycles. The van der Waals surface area contributed by atoms with E-state index in [2.05, 4.69) is 41.9 Å². The lowest BCUT2D eigenvalue weighted by atomic mass is 9.85. The van der Waals surface area contributed by atoms with Gasteiger partial charge in [-0.15, -0.1) is 0 Å². The SMILES string of the molecule is CCC(C)=C1[C@H]2C=C[C@H]1[C@H]1C(=O)N(c3ccc(Br)cc3)C(=O)[C@H]12. The van der Waals surface area contributed by atoms with E-state index >= 15 is 0 Å². The lowest BCUT2D eigenvalue weighted by Gasteiger charge is -2.19. The molecule has 2 fully saturated rings. The molecule has 1 aromatic rings. The van der Waals surface area contributed by atoms with Crippen LogP contribution in [0.2, 0.25) is 0 Å². The molecule has 3 aliphatic rings. The van der Waals surface area contributed by atoms with Crippen LogP contribution < -0.4 is 4.90 Å². The first kappa shape index (κ1) is 14.9. The zero-order chi connectivity index (χ0) is 16.3. The van der Waals surface area contributed by atoms with Crippen molar-refractivity contribution in [3.8, 4) is 0 Å². The molecule has 1 saturated carbocycles. The lowest BCUT2D eigenvalue weighted by molar-refractivity contribution is -0.122. The Balaban J connectivity index is 1.74. The maximum Gasteiger partial charge on any atom is 0.238 e. The highest BCUT2D eigenvalue weighted by Crippen LogP contribution is 2.57. The van der Waals surface area contributed by atoms with Crippen molar-refractivity contribution in [2.45, 2.75) is 20.3 Å². The zero-order valence-electron chi connectivity index (χ0n) is 13.1. The van der Waals surface area contributed by atoms with Gasteiger partial charge in [-0.3, -0.25) is 9.59 Å². The quantitative estimate of drug-likeness (QED) is 0.579. The monoisotopic (exact) mass is 371 g/mol. The summed E-state index contributed by atoms with van der Waals surface area (Å²) < 4.78 is 0.936. The zero-order valence-corrected chi connectivity index (χ0v) is 14.7. The highest BCUT2D eigenvalue weighted by atomic mass is 79.9. The summed E-state index contributed by atoms with van der Waals surface area (Å²) in [6, 6.07) is 7.38. The van der Waals surface area contributed by atoms with Gasteiger partial charge in [0.1, 0.15) is 0 Å². The van der Waals surface area contributed by atoms with Gasteiger partial charge in [-0.1, -0.05) is 46.2 Å². The fourth-order valence-electron chi connectivity index (χ4n) is 4.38. The van der Waals surface area contributed by atoms with Crippen LogP contribution in [-0.2, 0) is 9.59 Å². The van der Waals surface area contributed by atoms with E-state index < -0.39 is 0 Å². The van der Waals surface area contributed by atoms with E-state index in [9.17, 15) is 9.59 Å². The van der Waals surface area contributed by atoms with Crippen molar-refractivity contribution in [3.05, 3.63) is 52.0 Å². The summed E-state index contributed by atoms with van der Waals surface area (Å²) in [6.45, 7) is 4.26. The summed E-state index contributed by atoms with van der Waals surface area (Å²) in [5, 5.41) is 0. The first-order chi connectivity index (χ1) is 11.0. The predicted octanol–water partition coefficient (Wildman–Crippen LogP) is 4.10. The van der Waals surface area contributed by atoms with Crippen LogP contribution in [0.1, 0.15) is 20.3 Å². The molecule has 4 rings (SSSR count). The maximum absolute atomic E-state index is 13.0. The number of hydrogen-bond acceptors (Lipinski definition) is 2. The summed E-state index contributed by atoms with van der Waals surface area (Å²) in [7, 11) is 0. The van der Waals surface area contributed by atoms with E-state index in [4.69, 9.17) is 0 Å². The number of carbonyl (C=O) groups is 2. The Bertz CT molecular complexity index is 728. The Kier molecular flexibility index (Phi) is 3.34. The van der Waals surface area contributed by atoms with Gasteiger partial charge >= 0.3 is 0 Å². The van der Waals surface area contributed by atoms with Crippen LogP contribution >= 0.6 is 15.9 Å². The van der Waals surface area contributed by atoms with Gasteiger partial charge in [0, 0.05) is 16.3 Å². The molecule has 3 nitrogen and oxygen atoms in total. The van der Waals surface area contributed by atoms with Crippen molar-refractivity contribution in [3.63, 3.8) is 0 Å². The Hall–Kier alpha value is -1.68. The number of nitrogens with zero attached hydrogens (tertiary/aromatic N) is 1. The largest absolute Gasteiger partial charge is 0.274 e. The molecule has 1 aromatic carbocycles. The van der Waals surface area contributed by atoms with Gasteiger partial charge in [-0.25, -0.2) is 4.90 Å². The topological polar surface area (TPSA) is 37.4 Å². The van der Waals surface area contributed by atoms with Crippen molar-refractivity contribution < 1.29 is 9.59 Å². The van der Waals surface area contributed by atoms with Crippen LogP contribution in [0, 0.1) is 23.7 Å². The Morgan fingerprint density at radius 3 is 2.04 bits per heavy atom. The van der Waals surface area contributed by atoms with Crippen molar-refractivity contribution in [1.29, 1.82) is 0 Å². The molecule has 4 heteroatoms. The molecule has 0 unspecified atom stereocenters. The summed E-state index contributed by atoms with van der Waals surface area (Å²) >= 11 is 3.39. The Morgan fingerprint density at radius 2 is 1.57 bits per heavy atom. The number of anilines is 1. The van der Waals surface area contributed by atoms with E-state index in [0.29, 0.717) is 5.69 Å². The molecule has 0 spiro atoms. The summed E-state index contributed by atoms with van der Waals surface area (Å²) in [5.41, 5.74) is 3.32. The van der Waals surface area contributed by atoms with Gasteiger partial charge in [-0.2, -0.15) is 0 Å². The van der Waals surface area contributed by atoms with Crippen LogP contribution in [-0.4, -0.2) is 11.8 Å². The van der Waals surface area contributed by atoms with E-state index in [1.807, 2.05) is 24.3 Å². The second-order valence-corrected chi connectivity index (χ2v) is 7.48. The summed E-state index contributed by atoms with van der Waals surface area (Å²) in [5.74, 6) is -0.278. The number of halogens is 1. The number of allylic oxidation sites excluding steroid dienone is 4. The molecule has 118 valence electrons. The van der Waals surface area contributed by atoms with Gasteiger partial charge in [0.2, 0.25) is 11.8 Å². The van der Waals surface area contributed by atoms with E-state index in [1.54, 1.807) is 0 Å². The van der Waals surface area contributed by atoms with E-state index in [0.717, 1.165) is 10.9 Å². The van der Waals surface area contributed by atoms with Crippen LogP contribution in [0.3, 0.4) is 0 Å². The molecule has 1 heterocycles. The highest BCUT2D eigenvalue weighted by Gasteiger charge is 2.61. The number of benzene rings is 1. The Labute approximate surface area is 144 Å². The third-order valence-corrected chi connectivity index (χ3v) is 6.05. The number of fused-ring (bicyclic) bond motifs is 5. The highest BCUT2D eigenvalue weighted by molar-refractivity contribution is 9.10. The summed E-state index contributed by atoms with van der Waals surface area (Å²) in [6.07, 6.45) is 5.25. The number of imide groups is 1. The molecule has 2 amide bonds. The van der Waals surface area contributed by atoms with Gasteiger partial charge in [0.25, 0.3) is 0 Å². The van der Waals surface area contributed by atoms with Gasteiger partial charge in [0.05, 0.1) is 17.5 Å². The number of rotatable bonds is 2. The molecule has 2 bridgehead atoms.